The van der Waals surface area contributed by atoms with Gasteiger partial charge in [-0.1, -0.05) is 12.1 Å². The molecule has 15 heteroatoms. The lowest BCUT2D eigenvalue weighted by Gasteiger charge is -2.20. The van der Waals surface area contributed by atoms with Crippen molar-refractivity contribution < 1.29 is 59.3 Å². The molecule has 4 N–H and O–H groups in total. The van der Waals surface area contributed by atoms with Crippen LogP contribution in [0.5, 0.6) is 11.5 Å². The van der Waals surface area contributed by atoms with E-state index in [-0.39, 0.29) is 25.2 Å². The zero-order chi connectivity index (χ0) is 33.2. The van der Waals surface area contributed by atoms with Crippen LogP contribution in [0, 0.1) is 11.6 Å². The monoisotopic (exact) mass is 644 g/mol. The first kappa shape index (κ1) is 34.5. The van der Waals surface area contributed by atoms with Crippen molar-refractivity contribution in [1.29, 1.82) is 0 Å². The number of halogens is 7. The zero-order valence-electron chi connectivity index (χ0n) is 23.3. The summed E-state index contributed by atoms with van der Waals surface area (Å²) < 4.78 is 114. The number of benzene rings is 3. The molecule has 0 unspecified atom stereocenters. The molecule has 0 heterocycles. The summed E-state index contributed by atoms with van der Waals surface area (Å²) in [5, 5.41) is 0. The van der Waals surface area contributed by atoms with Crippen LogP contribution in [0.2, 0.25) is 0 Å². The van der Waals surface area contributed by atoms with Crippen LogP contribution in [0.1, 0.15) is 40.7 Å². The Hall–Kier alpha value is -4.95. The van der Waals surface area contributed by atoms with Crippen LogP contribution in [0.3, 0.4) is 0 Å². The molecule has 8 nitrogen and oxygen atoms in total. The summed E-state index contributed by atoms with van der Waals surface area (Å²) in [7, 11) is 0. The highest BCUT2D eigenvalue weighted by molar-refractivity contribution is 5.91. The summed E-state index contributed by atoms with van der Waals surface area (Å²) >= 11 is 0. The van der Waals surface area contributed by atoms with E-state index >= 15 is 0 Å². The number of carbonyl (C=O) groups excluding carboxylic acids is 2. The van der Waals surface area contributed by atoms with Gasteiger partial charge in [-0.3, -0.25) is 0 Å². The van der Waals surface area contributed by atoms with Crippen molar-refractivity contribution in [2.75, 3.05) is 31.3 Å². The van der Waals surface area contributed by atoms with E-state index in [4.69, 9.17) is 25.7 Å². The van der Waals surface area contributed by atoms with Crippen LogP contribution in [0.15, 0.2) is 60.7 Å². The molecule has 0 fully saturated rings. The number of hydrogen-bond donors (Lipinski definition) is 2. The van der Waals surface area contributed by atoms with E-state index < -0.39 is 72.4 Å². The molecule has 3 rings (SSSR count). The summed E-state index contributed by atoms with van der Waals surface area (Å²) in [4.78, 5) is 23.9. The lowest BCUT2D eigenvalue weighted by molar-refractivity contribution is -0.187. The minimum Gasteiger partial charge on any atom is -0.490 e. The van der Waals surface area contributed by atoms with E-state index in [1.807, 2.05) is 0 Å². The minimum absolute atomic E-state index is 0.0452. The average Bonchev–Trinajstić information content (AvgIpc) is 2.95. The fraction of sp³-hybridized carbons (Fsp3) is 0.267. The van der Waals surface area contributed by atoms with Gasteiger partial charge < -0.3 is 30.4 Å². The van der Waals surface area contributed by atoms with Gasteiger partial charge in [-0.15, -0.1) is 0 Å². The number of rotatable bonds is 14. The molecule has 0 bridgehead atoms. The van der Waals surface area contributed by atoms with Gasteiger partial charge in [0.1, 0.15) is 11.3 Å². The maximum absolute atomic E-state index is 14.6. The zero-order valence-corrected chi connectivity index (χ0v) is 23.3. The molecule has 0 radical (unpaired) electrons. The third-order valence-electron chi connectivity index (χ3n) is 5.74. The van der Waals surface area contributed by atoms with E-state index in [0.29, 0.717) is 29.1 Å². The first-order chi connectivity index (χ1) is 21.1. The predicted molar refractivity (Wildman–Crippen MR) is 148 cm³/mol. The van der Waals surface area contributed by atoms with E-state index in [2.05, 4.69) is 4.74 Å². The van der Waals surface area contributed by atoms with Gasteiger partial charge in [0.15, 0.2) is 11.6 Å². The molecule has 0 aromatic heterocycles. The fourth-order valence-electron chi connectivity index (χ4n) is 3.66. The van der Waals surface area contributed by atoms with Gasteiger partial charge in [0, 0.05) is 30.3 Å². The van der Waals surface area contributed by atoms with Gasteiger partial charge in [0.05, 0.1) is 25.4 Å². The summed E-state index contributed by atoms with van der Waals surface area (Å²) in [5.74, 6) is -6.43. The summed E-state index contributed by atoms with van der Waals surface area (Å²) in [5.41, 5.74) is 11.0. The second-order valence-electron chi connectivity index (χ2n) is 9.37. The topological polar surface area (TPSA) is 123 Å². The maximum atomic E-state index is 14.6. The molecule has 0 saturated heterocycles. The van der Waals surface area contributed by atoms with Crippen molar-refractivity contribution in [1.82, 2.24) is 0 Å². The van der Waals surface area contributed by atoms with Gasteiger partial charge in [-0.05, 0) is 60.5 Å². The summed E-state index contributed by atoms with van der Waals surface area (Å²) in [6.45, 7) is -0.726. The Kier molecular flexibility index (Phi) is 11.6. The fourth-order valence-corrected chi connectivity index (χ4v) is 3.66. The normalized spacial score (nSPS) is 11.8. The SMILES string of the molecule is Nc1cc(N)cc(C(=O)OCCCOC(=O)C=Cc2ccc(OC(F)(F)c3ccc(OCCCC(F)(F)F)c(F)c3F)cc2)c1. The van der Waals surface area contributed by atoms with Gasteiger partial charge in [0.25, 0.3) is 0 Å². The van der Waals surface area contributed by atoms with Gasteiger partial charge >= 0.3 is 24.2 Å². The van der Waals surface area contributed by atoms with Crippen LogP contribution in [-0.4, -0.2) is 37.9 Å². The Morgan fingerprint density at radius 1 is 0.778 bits per heavy atom. The van der Waals surface area contributed by atoms with Crippen LogP contribution in [0.25, 0.3) is 6.08 Å². The van der Waals surface area contributed by atoms with Crippen LogP contribution in [-0.2, 0) is 20.4 Å². The van der Waals surface area contributed by atoms with Gasteiger partial charge in [0.2, 0.25) is 5.82 Å². The number of nitrogens with two attached hydrogens (primary N) is 2. The summed E-state index contributed by atoms with van der Waals surface area (Å²) in [6.07, 6.45) is -7.98. The van der Waals surface area contributed by atoms with Crippen molar-refractivity contribution in [3.05, 3.63) is 89.0 Å². The highest BCUT2D eigenvalue weighted by Gasteiger charge is 2.39. The Morgan fingerprint density at radius 3 is 2.07 bits per heavy atom. The Morgan fingerprint density at radius 2 is 1.42 bits per heavy atom. The second kappa shape index (κ2) is 15.2. The molecule has 45 heavy (non-hydrogen) atoms. The highest BCUT2D eigenvalue weighted by atomic mass is 19.4. The number of anilines is 2. The standard InChI is InChI=1S/C30H27F7N2O6/c31-26-23(8-9-24(27(26)32)42-12-1-11-29(33,34)35)30(36,37)45-22-6-3-18(4-7-22)5-10-25(40)43-13-2-14-44-28(41)19-15-20(38)17-21(39)16-19/h3-10,15-17H,1-2,11-14,38-39H2. The molecule has 3 aromatic rings. The molecular weight excluding hydrogens is 617 g/mol. The smallest absolute Gasteiger partial charge is 0.429 e. The number of nitrogen functional groups attached to an aromatic ring is 2. The molecule has 0 atom stereocenters. The Bertz CT molecular complexity index is 1490. The third kappa shape index (κ3) is 10.9. The van der Waals surface area contributed by atoms with Crippen molar-refractivity contribution in [2.24, 2.45) is 0 Å². The Balaban J connectivity index is 1.45. The third-order valence-corrected chi connectivity index (χ3v) is 5.74. The number of alkyl halides is 5. The average molecular weight is 645 g/mol. The lowest BCUT2D eigenvalue weighted by atomic mass is 10.1. The molecule has 0 aliphatic carbocycles. The van der Waals surface area contributed by atoms with Crippen LogP contribution in [0.4, 0.5) is 42.1 Å². The largest absolute Gasteiger partial charge is 0.490 e. The second-order valence-corrected chi connectivity index (χ2v) is 9.37. The predicted octanol–water partition coefficient (Wildman–Crippen LogP) is 6.78. The molecule has 0 aliphatic heterocycles. The Labute approximate surface area is 252 Å². The van der Waals surface area contributed by atoms with Crippen molar-refractivity contribution in [3.8, 4) is 11.5 Å². The summed E-state index contributed by atoms with van der Waals surface area (Å²) in [6, 6.07) is 10.2. The molecule has 0 amide bonds. The van der Waals surface area contributed by atoms with E-state index in [0.717, 1.165) is 18.2 Å². The number of esters is 2. The van der Waals surface area contributed by atoms with E-state index in [1.54, 1.807) is 0 Å². The highest BCUT2D eigenvalue weighted by Crippen LogP contribution is 2.36. The molecule has 3 aromatic carbocycles. The molecule has 242 valence electrons. The number of ether oxygens (including phenoxy) is 4. The number of hydrogen-bond acceptors (Lipinski definition) is 8. The maximum Gasteiger partial charge on any atom is 0.429 e. The molecular formula is C30H27F7N2O6. The quantitative estimate of drug-likeness (QED) is 0.0648. The van der Waals surface area contributed by atoms with Gasteiger partial charge in [-0.2, -0.15) is 26.3 Å². The first-order valence-corrected chi connectivity index (χ1v) is 13.2. The lowest BCUT2D eigenvalue weighted by Crippen LogP contribution is -2.24. The van der Waals surface area contributed by atoms with Crippen molar-refractivity contribution in [2.45, 2.75) is 31.5 Å². The molecule has 0 aliphatic rings. The van der Waals surface area contributed by atoms with Gasteiger partial charge in [-0.25, -0.2) is 14.0 Å². The number of carbonyl (C=O) groups is 2. The van der Waals surface area contributed by atoms with Crippen LogP contribution >= 0.6 is 0 Å². The molecule has 0 saturated carbocycles. The van der Waals surface area contributed by atoms with Crippen molar-refractivity contribution >= 4 is 29.4 Å². The minimum atomic E-state index is -4.46. The molecule has 0 spiro atoms. The van der Waals surface area contributed by atoms with E-state index in [9.17, 15) is 40.3 Å². The van der Waals surface area contributed by atoms with Crippen molar-refractivity contribution in [3.63, 3.8) is 0 Å². The first-order valence-electron chi connectivity index (χ1n) is 13.2. The van der Waals surface area contributed by atoms with Crippen LogP contribution < -0.4 is 20.9 Å². The van der Waals surface area contributed by atoms with E-state index in [1.165, 1.54) is 36.4 Å².